The number of hydrogen-bond donors (Lipinski definition) is 1. The third-order valence-corrected chi connectivity index (χ3v) is 9.58. The molecular formula is C17H28N2O3Si. The van der Waals surface area contributed by atoms with Crippen molar-refractivity contribution in [1.82, 2.24) is 4.98 Å². The van der Waals surface area contributed by atoms with Crippen LogP contribution in [0.4, 0.5) is 5.69 Å². The summed E-state index contributed by atoms with van der Waals surface area (Å²) in [5.41, 5.74) is 1.07. The van der Waals surface area contributed by atoms with Gasteiger partial charge in [-0.15, -0.1) is 0 Å². The number of carboxylic acid groups (broad SMARTS) is 1. The van der Waals surface area contributed by atoms with Gasteiger partial charge in [0.15, 0.2) is 8.32 Å². The molecule has 1 N–H and O–H groups in total. The lowest BCUT2D eigenvalue weighted by atomic mass is 10.1. The molecule has 1 aliphatic heterocycles. The van der Waals surface area contributed by atoms with Crippen molar-refractivity contribution in [1.29, 1.82) is 0 Å². The minimum Gasteiger partial charge on any atom is -0.477 e. The topological polar surface area (TPSA) is 62.7 Å². The molecule has 0 bridgehead atoms. The summed E-state index contributed by atoms with van der Waals surface area (Å²) in [5.74, 6) is -0.988. The number of pyridine rings is 1. The predicted molar refractivity (Wildman–Crippen MR) is 94.7 cm³/mol. The molecular weight excluding hydrogens is 308 g/mol. The Kier molecular flexibility index (Phi) is 5.16. The van der Waals surface area contributed by atoms with Gasteiger partial charge in [0.05, 0.1) is 11.9 Å². The number of anilines is 1. The van der Waals surface area contributed by atoms with Crippen molar-refractivity contribution in [3.8, 4) is 0 Å². The van der Waals surface area contributed by atoms with E-state index >= 15 is 0 Å². The van der Waals surface area contributed by atoms with Crippen molar-refractivity contribution in [2.75, 3.05) is 18.0 Å². The van der Waals surface area contributed by atoms with Crippen LogP contribution >= 0.6 is 0 Å². The molecule has 2 rings (SSSR count). The fraction of sp³-hybridized carbons (Fsp3) is 0.647. The Balaban J connectivity index is 1.92. The second-order valence-electron chi connectivity index (χ2n) is 7.77. The maximum atomic E-state index is 10.9. The van der Waals surface area contributed by atoms with Gasteiger partial charge >= 0.3 is 5.97 Å². The Morgan fingerprint density at radius 2 is 1.91 bits per heavy atom. The highest BCUT2D eigenvalue weighted by Crippen LogP contribution is 2.38. The van der Waals surface area contributed by atoms with Crippen LogP contribution < -0.4 is 4.90 Å². The Morgan fingerprint density at radius 3 is 2.35 bits per heavy atom. The highest BCUT2D eigenvalue weighted by Gasteiger charge is 2.39. The van der Waals surface area contributed by atoms with E-state index in [0.717, 1.165) is 31.6 Å². The average Bonchev–Trinajstić information content (AvgIpc) is 2.46. The number of nitrogens with zero attached hydrogens (tertiary/aromatic N) is 2. The third kappa shape index (κ3) is 4.32. The zero-order valence-electron chi connectivity index (χ0n) is 14.8. The van der Waals surface area contributed by atoms with Gasteiger partial charge in [-0.1, -0.05) is 20.8 Å². The molecule has 128 valence electrons. The highest BCUT2D eigenvalue weighted by atomic mass is 28.4. The first-order chi connectivity index (χ1) is 10.6. The van der Waals surface area contributed by atoms with E-state index in [1.54, 1.807) is 12.3 Å². The minimum absolute atomic E-state index is 0.0879. The summed E-state index contributed by atoms with van der Waals surface area (Å²) in [6.45, 7) is 13.3. The second-order valence-corrected chi connectivity index (χ2v) is 12.5. The van der Waals surface area contributed by atoms with Crippen molar-refractivity contribution in [3.05, 3.63) is 24.0 Å². The van der Waals surface area contributed by atoms with Crippen LogP contribution in [0, 0.1) is 0 Å². The first-order valence-corrected chi connectivity index (χ1v) is 11.1. The van der Waals surface area contributed by atoms with E-state index in [-0.39, 0.29) is 10.7 Å². The van der Waals surface area contributed by atoms with Gasteiger partial charge in [-0.25, -0.2) is 9.78 Å². The van der Waals surface area contributed by atoms with E-state index in [9.17, 15) is 4.79 Å². The van der Waals surface area contributed by atoms with Gasteiger partial charge in [-0.3, -0.25) is 0 Å². The normalized spacial score (nSPS) is 17.3. The van der Waals surface area contributed by atoms with Gasteiger partial charge < -0.3 is 14.4 Å². The van der Waals surface area contributed by atoms with Crippen molar-refractivity contribution >= 4 is 20.0 Å². The molecule has 0 atom stereocenters. The van der Waals surface area contributed by atoms with Crippen LogP contribution in [0.15, 0.2) is 18.3 Å². The van der Waals surface area contributed by atoms with E-state index < -0.39 is 14.3 Å². The van der Waals surface area contributed by atoms with Gasteiger partial charge in [-0.2, -0.15) is 0 Å². The lowest BCUT2D eigenvalue weighted by Gasteiger charge is -2.42. The first kappa shape index (κ1) is 17.9. The standard InChI is InChI=1S/C17H28N2O3Si/c1-17(2,3)23(4,5)22-14-8-10-19(11-9-14)13-6-7-15(16(20)21)18-12-13/h6-7,12,14H,8-11H2,1-5H3,(H,20,21). The van der Waals surface area contributed by atoms with Crippen molar-refractivity contribution in [2.45, 2.75) is 57.8 Å². The first-order valence-electron chi connectivity index (χ1n) is 8.22. The van der Waals surface area contributed by atoms with Crippen LogP contribution in [0.25, 0.3) is 0 Å². The van der Waals surface area contributed by atoms with Crippen molar-refractivity contribution in [3.63, 3.8) is 0 Å². The largest absolute Gasteiger partial charge is 0.477 e. The van der Waals surface area contributed by atoms with Gasteiger partial charge in [0.1, 0.15) is 5.69 Å². The number of carbonyl (C=O) groups is 1. The summed E-state index contributed by atoms with van der Waals surface area (Å²) in [5, 5.41) is 9.14. The SMILES string of the molecule is CC(C)(C)[Si](C)(C)OC1CCN(c2ccc(C(=O)O)nc2)CC1. The molecule has 1 aromatic heterocycles. The molecule has 1 aromatic rings. The quantitative estimate of drug-likeness (QED) is 0.848. The molecule has 0 aliphatic carbocycles. The maximum absolute atomic E-state index is 10.9. The molecule has 23 heavy (non-hydrogen) atoms. The Bertz CT molecular complexity index is 544. The number of aromatic carboxylic acids is 1. The van der Waals surface area contributed by atoms with Crippen LogP contribution in [0.5, 0.6) is 0 Å². The molecule has 0 saturated carbocycles. The van der Waals surface area contributed by atoms with Gasteiger partial charge in [0, 0.05) is 19.2 Å². The summed E-state index contributed by atoms with van der Waals surface area (Å²) in [7, 11) is -1.71. The molecule has 0 unspecified atom stereocenters. The predicted octanol–water partition coefficient (Wildman–Crippen LogP) is 3.77. The molecule has 5 nitrogen and oxygen atoms in total. The average molecular weight is 337 g/mol. The summed E-state index contributed by atoms with van der Waals surface area (Å²) in [4.78, 5) is 17.1. The summed E-state index contributed by atoms with van der Waals surface area (Å²) in [6.07, 6.45) is 4.00. The number of piperidine rings is 1. The number of hydrogen-bond acceptors (Lipinski definition) is 4. The molecule has 2 heterocycles. The highest BCUT2D eigenvalue weighted by molar-refractivity contribution is 6.74. The van der Waals surface area contributed by atoms with Gasteiger partial charge in [-0.05, 0) is 43.1 Å². The third-order valence-electron chi connectivity index (χ3n) is 5.04. The van der Waals surface area contributed by atoms with E-state index in [4.69, 9.17) is 9.53 Å². The van der Waals surface area contributed by atoms with Crippen molar-refractivity contribution < 1.29 is 14.3 Å². The minimum atomic E-state index is -1.71. The number of rotatable bonds is 4. The van der Waals surface area contributed by atoms with Crippen LogP contribution in [0.3, 0.4) is 0 Å². The zero-order valence-corrected chi connectivity index (χ0v) is 15.8. The molecule has 0 aromatic carbocycles. The van der Waals surface area contributed by atoms with Gasteiger partial charge in [0.25, 0.3) is 0 Å². The second kappa shape index (κ2) is 6.61. The number of aromatic nitrogens is 1. The number of carboxylic acids is 1. The molecule has 0 spiro atoms. The lowest BCUT2D eigenvalue weighted by Crippen LogP contribution is -2.47. The molecule has 6 heteroatoms. The summed E-state index contributed by atoms with van der Waals surface area (Å²) < 4.78 is 6.50. The fourth-order valence-electron chi connectivity index (χ4n) is 2.52. The Labute approximate surface area is 139 Å². The van der Waals surface area contributed by atoms with E-state index in [2.05, 4.69) is 43.7 Å². The Morgan fingerprint density at radius 1 is 1.30 bits per heavy atom. The molecule has 1 saturated heterocycles. The van der Waals surface area contributed by atoms with Crippen LogP contribution in [0.1, 0.15) is 44.1 Å². The van der Waals surface area contributed by atoms with E-state index in [1.807, 2.05) is 6.07 Å². The maximum Gasteiger partial charge on any atom is 0.354 e. The summed E-state index contributed by atoms with van der Waals surface area (Å²) in [6, 6.07) is 3.40. The van der Waals surface area contributed by atoms with Crippen molar-refractivity contribution in [2.24, 2.45) is 0 Å². The van der Waals surface area contributed by atoms with E-state index in [1.165, 1.54) is 0 Å². The van der Waals surface area contributed by atoms with Crippen LogP contribution in [0.2, 0.25) is 18.1 Å². The lowest BCUT2D eigenvalue weighted by molar-refractivity contribution is 0.0690. The molecule has 1 aliphatic rings. The Hall–Kier alpha value is -1.40. The molecule has 1 fully saturated rings. The monoisotopic (exact) mass is 336 g/mol. The fourth-order valence-corrected chi connectivity index (χ4v) is 3.95. The van der Waals surface area contributed by atoms with E-state index in [0.29, 0.717) is 6.10 Å². The molecule has 0 amide bonds. The molecule has 0 radical (unpaired) electrons. The zero-order chi connectivity index (χ0) is 17.3. The van der Waals surface area contributed by atoms with Crippen LogP contribution in [-0.2, 0) is 4.43 Å². The van der Waals surface area contributed by atoms with Crippen LogP contribution in [-0.4, -0.2) is 43.6 Å². The smallest absolute Gasteiger partial charge is 0.354 e. The van der Waals surface area contributed by atoms with Gasteiger partial charge in [0.2, 0.25) is 0 Å². The summed E-state index contributed by atoms with van der Waals surface area (Å²) >= 11 is 0.